The molecule has 0 saturated carbocycles. The van der Waals surface area contributed by atoms with Crippen LogP contribution in [0.1, 0.15) is 36.9 Å². The van der Waals surface area contributed by atoms with Crippen LogP contribution in [0.3, 0.4) is 0 Å². The molecule has 0 spiro atoms. The lowest BCUT2D eigenvalue weighted by atomic mass is 10.1. The van der Waals surface area contributed by atoms with Gasteiger partial charge in [-0.15, -0.1) is 0 Å². The van der Waals surface area contributed by atoms with E-state index in [0.717, 1.165) is 31.0 Å². The molecule has 1 saturated heterocycles. The van der Waals surface area contributed by atoms with Crippen molar-refractivity contribution in [3.8, 4) is 5.75 Å². The number of ether oxygens (including phenoxy) is 2. The summed E-state index contributed by atoms with van der Waals surface area (Å²) < 4.78 is 53.7. The molecule has 50 heavy (non-hydrogen) atoms. The summed E-state index contributed by atoms with van der Waals surface area (Å²) in [5.74, 6) is -2.92. The van der Waals surface area contributed by atoms with Crippen LogP contribution in [-0.4, -0.2) is 69.8 Å². The number of hydrogen-bond acceptors (Lipinski definition) is 7. The molecule has 1 aliphatic rings. The molecule has 1 aliphatic heterocycles. The van der Waals surface area contributed by atoms with Gasteiger partial charge in [-0.05, 0) is 68.2 Å². The number of amides is 3. The number of aliphatic hydroxyl groups excluding tert-OH is 1. The Balaban J connectivity index is 1.28. The van der Waals surface area contributed by atoms with E-state index in [9.17, 15) is 32.3 Å². The SMILES string of the molecule is O=C(N[C@@H](CC/C=C/C(=O)N1CCCC1)C(=O)Nc1cccn(Cc2cc3cc(F)cc(OCc4ccc(F)cc4F)c3[nH]2)c1=O)OCCO. The number of carbonyl (C=O) groups excluding carboxylic acids is 3. The number of anilines is 1. The zero-order valence-corrected chi connectivity index (χ0v) is 26.9. The quantitative estimate of drug-likeness (QED) is 0.143. The molecule has 2 aromatic carbocycles. The van der Waals surface area contributed by atoms with Crippen LogP contribution < -0.4 is 20.9 Å². The normalized spacial score (nSPS) is 13.5. The van der Waals surface area contributed by atoms with Gasteiger partial charge in [-0.3, -0.25) is 14.4 Å². The fraction of sp³-hybridized carbons (Fsp3) is 0.314. The first-order valence-corrected chi connectivity index (χ1v) is 16.0. The second kappa shape index (κ2) is 16.7. The van der Waals surface area contributed by atoms with Crippen molar-refractivity contribution in [2.24, 2.45) is 0 Å². The number of benzene rings is 2. The van der Waals surface area contributed by atoms with Crippen LogP contribution in [-0.2, 0) is 27.5 Å². The van der Waals surface area contributed by atoms with E-state index in [1.54, 1.807) is 17.0 Å². The summed E-state index contributed by atoms with van der Waals surface area (Å²) in [5, 5.41) is 14.4. The maximum Gasteiger partial charge on any atom is 0.407 e. The van der Waals surface area contributed by atoms with Crippen LogP contribution in [0.25, 0.3) is 10.9 Å². The number of allylic oxidation sites excluding steroid dienone is 1. The largest absolute Gasteiger partial charge is 0.486 e. The van der Waals surface area contributed by atoms with Crippen LogP contribution in [0.4, 0.5) is 23.7 Å². The number of fused-ring (bicyclic) bond motifs is 1. The average molecular weight is 696 g/mol. The number of aromatic nitrogens is 2. The van der Waals surface area contributed by atoms with Gasteiger partial charge in [0.05, 0.1) is 18.7 Å². The number of aliphatic hydroxyl groups is 1. The van der Waals surface area contributed by atoms with Crippen molar-refractivity contribution >= 4 is 34.5 Å². The minimum Gasteiger partial charge on any atom is -0.486 e. The zero-order valence-electron chi connectivity index (χ0n) is 26.9. The molecule has 15 heteroatoms. The van der Waals surface area contributed by atoms with Crippen molar-refractivity contribution in [2.45, 2.75) is 44.9 Å². The molecule has 4 aromatic rings. The number of likely N-dealkylation sites (tertiary alicyclic amines) is 1. The van der Waals surface area contributed by atoms with Gasteiger partial charge in [-0.1, -0.05) is 6.08 Å². The highest BCUT2D eigenvalue weighted by molar-refractivity contribution is 5.96. The number of nitrogens with zero attached hydrogens (tertiary/aromatic N) is 2. The first-order chi connectivity index (χ1) is 24.1. The Hall–Kier alpha value is -5.57. The molecule has 1 atom stereocenters. The van der Waals surface area contributed by atoms with E-state index in [1.165, 1.54) is 41.1 Å². The molecule has 2 aromatic heterocycles. The van der Waals surface area contributed by atoms with Crippen molar-refractivity contribution < 1.29 is 42.1 Å². The highest BCUT2D eigenvalue weighted by Crippen LogP contribution is 2.29. The van der Waals surface area contributed by atoms with Gasteiger partial charge < -0.3 is 39.7 Å². The first-order valence-electron chi connectivity index (χ1n) is 16.0. The van der Waals surface area contributed by atoms with Gasteiger partial charge >= 0.3 is 6.09 Å². The van der Waals surface area contributed by atoms with Gasteiger partial charge in [0.1, 0.15) is 48.1 Å². The van der Waals surface area contributed by atoms with E-state index >= 15 is 0 Å². The fourth-order valence-electron chi connectivity index (χ4n) is 5.47. The Morgan fingerprint density at radius 2 is 1.84 bits per heavy atom. The van der Waals surface area contributed by atoms with Gasteiger partial charge in [0, 0.05) is 48.1 Å². The number of halogens is 3. The van der Waals surface area contributed by atoms with E-state index in [2.05, 4.69) is 15.6 Å². The molecule has 0 unspecified atom stereocenters. The Morgan fingerprint density at radius 3 is 2.60 bits per heavy atom. The summed E-state index contributed by atoms with van der Waals surface area (Å²) in [4.78, 5) is 56.1. The summed E-state index contributed by atoms with van der Waals surface area (Å²) in [6.45, 7) is 0.380. The van der Waals surface area contributed by atoms with E-state index in [4.69, 9.17) is 14.6 Å². The number of pyridine rings is 1. The number of alkyl carbamates (subject to hydrolysis) is 1. The summed E-state index contributed by atoms with van der Waals surface area (Å²) in [5.41, 5.74) is 0.284. The topological polar surface area (TPSA) is 155 Å². The van der Waals surface area contributed by atoms with Crippen molar-refractivity contribution in [1.29, 1.82) is 0 Å². The fourth-order valence-corrected chi connectivity index (χ4v) is 5.47. The van der Waals surface area contributed by atoms with E-state index in [1.807, 2.05) is 0 Å². The predicted molar refractivity (Wildman–Crippen MR) is 177 cm³/mol. The van der Waals surface area contributed by atoms with Crippen LogP contribution in [0.15, 0.2) is 71.7 Å². The first kappa shape index (κ1) is 35.7. The lowest BCUT2D eigenvalue weighted by Crippen LogP contribution is -2.45. The molecule has 12 nitrogen and oxygen atoms in total. The summed E-state index contributed by atoms with van der Waals surface area (Å²) in [6, 6.07) is 8.83. The summed E-state index contributed by atoms with van der Waals surface area (Å²) in [7, 11) is 0. The summed E-state index contributed by atoms with van der Waals surface area (Å²) in [6.07, 6.45) is 5.82. The summed E-state index contributed by atoms with van der Waals surface area (Å²) >= 11 is 0. The number of hydrogen-bond donors (Lipinski definition) is 4. The molecule has 264 valence electrons. The smallest absolute Gasteiger partial charge is 0.407 e. The van der Waals surface area contributed by atoms with Crippen LogP contribution in [0, 0.1) is 17.5 Å². The predicted octanol–water partition coefficient (Wildman–Crippen LogP) is 4.36. The van der Waals surface area contributed by atoms with E-state index in [0.29, 0.717) is 29.7 Å². The molecule has 0 aliphatic carbocycles. The van der Waals surface area contributed by atoms with E-state index in [-0.39, 0.29) is 55.5 Å². The van der Waals surface area contributed by atoms with Crippen molar-refractivity contribution in [1.82, 2.24) is 19.8 Å². The van der Waals surface area contributed by atoms with Gasteiger partial charge in [-0.25, -0.2) is 18.0 Å². The molecule has 0 bridgehead atoms. The number of nitrogens with one attached hydrogen (secondary N) is 3. The monoisotopic (exact) mass is 695 g/mol. The number of carbonyl (C=O) groups is 3. The average Bonchev–Trinajstić information content (AvgIpc) is 3.77. The second-order valence-corrected chi connectivity index (χ2v) is 11.6. The maximum absolute atomic E-state index is 14.5. The third-order valence-electron chi connectivity index (χ3n) is 7.96. The Morgan fingerprint density at radius 1 is 1.04 bits per heavy atom. The van der Waals surface area contributed by atoms with Crippen LogP contribution >= 0.6 is 0 Å². The lowest BCUT2D eigenvalue weighted by Gasteiger charge is -2.18. The Bertz CT molecular complexity index is 1940. The Kier molecular flexibility index (Phi) is 11.9. The molecule has 4 N–H and O–H groups in total. The number of rotatable bonds is 14. The van der Waals surface area contributed by atoms with E-state index < -0.39 is 47.7 Å². The lowest BCUT2D eigenvalue weighted by molar-refractivity contribution is -0.125. The highest BCUT2D eigenvalue weighted by Gasteiger charge is 2.23. The van der Waals surface area contributed by atoms with Gasteiger partial charge in [0.15, 0.2) is 0 Å². The highest BCUT2D eigenvalue weighted by atomic mass is 19.1. The molecule has 1 fully saturated rings. The number of H-pyrrole nitrogens is 1. The zero-order chi connectivity index (χ0) is 35.6. The molecule has 5 rings (SSSR count). The minimum absolute atomic E-state index is 0.0180. The van der Waals surface area contributed by atoms with Crippen LogP contribution in [0.5, 0.6) is 5.75 Å². The third kappa shape index (κ3) is 9.31. The molecule has 3 heterocycles. The van der Waals surface area contributed by atoms with Gasteiger partial charge in [0.25, 0.3) is 5.56 Å². The molecule has 0 radical (unpaired) electrons. The molecule has 3 amide bonds. The van der Waals surface area contributed by atoms with Gasteiger partial charge in [-0.2, -0.15) is 0 Å². The van der Waals surface area contributed by atoms with Gasteiger partial charge in [0.2, 0.25) is 11.8 Å². The Labute approximate surface area is 284 Å². The third-order valence-corrected chi connectivity index (χ3v) is 7.96. The molecular weight excluding hydrogens is 659 g/mol. The van der Waals surface area contributed by atoms with Crippen molar-refractivity contribution in [3.05, 3.63) is 106 Å². The van der Waals surface area contributed by atoms with Crippen molar-refractivity contribution in [2.75, 3.05) is 31.6 Å². The standard InChI is InChI=1S/C35H36F3N5O7/c36-24-10-9-22(27(38)18-24)21-50-30-19-25(37)16-23-17-26(39-32(23)30)20-43-13-5-7-29(34(43)47)40-33(46)28(41-35(48)49-15-14-44)6-1-2-8-31(45)42-11-3-4-12-42/h2,5,7-10,13,16-19,28,39,44H,1,3-4,6,11-12,14-15,20-21H2,(H,40,46)(H,41,48)/b8-2+/t28-/m0/s1. The van der Waals surface area contributed by atoms with Crippen molar-refractivity contribution in [3.63, 3.8) is 0 Å². The maximum atomic E-state index is 14.5. The second-order valence-electron chi connectivity index (χ2n) is 11.6. The van der Waals surface area contributed by atoms with Crippen LogP contribution in [0.2, 0.25) is 0 Å². The molecular formula is C35H36F3N5O7. The minimum atomic E-state index is -1.15. The number of aromatic amines is 1.